The van der Waals surface area contributed by atoms with E-state index in [0.29, 0.717) is 30.9 Å². The van der Waals surface area contributed by atoms with Crippen LogP contribution in [0.5, 0.6) is 11.5 Å². The number of alkyl halides is 3. The Bertz CT molecular complexity index is 917. The van der Waals surface area contributed by atoms with Crippen molar-refractivity contribution in [2.45, 2.75) is 19.5 Å². The number of carbonyl (C=O) groups is 1. The summed E-state index contributed by atoms with van der Waals surface area (Å²) in [6.07, 6.45) is -4.84. The molecule has 0 aromatic heterocycles. The maximum Gasteiger partial charge on any atom is 0.573 e. The smallest absolute Gasteiger partial charge is 0.489 e. The van der Waals surface area contributed by atoms with E-state index in [1.807, 2.05) is 17.0 Å². The number of aliphatic carboxylic acids is 1. The van der Waals surface area contributed by atoms with E-state index in [4.69, 9.17) is 15.1 Å². The number of likely N-dealkylation sites (tertiary alicyclic amines) is 1. The Morgan fingerprint density at radius 2 is 1.83 bits per heavy atom. The van der Waals surface area contributed by atoms with Crippen LogP contribution >= 0.6 is 0 Å². The monoisotopic (exact) mass is 406 g/mol. The lowest BCUT2D eigenvalue weighted by Gasteiger charge is -2.36. The van der Waals surface area contributed by atoms with Crippen LogP contribution in [0.3, 0.4) is 0 Å². The molecule has 0 spiro atoms. The van der Waals surface area contributed by atoms with Gasteiger partial charge in [0.05, 0.1) is 17.6 Å². The number of carboxylic acid groups (broad SMARTS) is 1. The SMILES string of the molecule is N#Cc1cc(COc2ccc(CN3CC(C(=O)O)C3)cc2)cc(OC(F)(F)F)c1. The quantitative estimate of drug-likeness (QED) is 0.757. The zero-order valence-electron chi connectivity index (χ0n) is 15.1. The van der Waals surface area contributed by atoms with Gasteiger partial charge in [-0.2, -0.15) is 5.26 Å². The van der Waals surface area contributed by atoms with Gasteiger partial charge < -0.3 is 14.6 Å². The van der Waals surface area contributed by atoms with Crippen LogP contribution < -0.4 is 9.47 Å². The molecule has 0 amide bonds. The summed E-state index contributed by atoms with van der Waals surface area (Å²) in [6, 6.07) is 12.5. The van der Waals surface area contributed by atoms with E-state index in [9.17, 15) is 18.0 Å². The lowest BCUT2D eigenvalue weighted by molar-refractivity contribution is -0.274. The molecule has 2 aromatic carbocycles. The first kappa shape index (κ1) is 20.5. The molecule has 6 nitrogen and oxygen atoms in total. The van der Waals surface area contributed by atoms with Crippen LogP contribution in [0.2, 0.25) is 0 Å². The average Bonchev–Trinajstić information content (AvgIpc) is 2.61. The molecule has 0 unspecified atom stereocenters. The number of halogens is 3. The molecule has 0 radical (unpaired) electrons. The lowest BCUT2D eigenvalue weighted by Crippen LogP contribution is -2.49. The van der Waals surface area contributed by atoms with Gasteiger partial charge >= 0.3 is 12.3 Å². The second kappa shape index (κ2) is 8.41. The van der Waals surface area contributed by atoms with Crippen LogP contribution in [0.4, 0.5) is 13.2 Å². The van der Waals surface area contributed by atoms with E-state index in [1.54, 1.807) is 18.2 Å². The summed E-state index contributed by atoms with van der Waals surface area (Å²) in [6.45, 7) is 1.64. The van der Waals surface area contributed by atoms with Crippen LogP contribution in [0.15, 0.2) is 42.5 Å². The van der Waals surface area contributed by atoms with Crippen LogP contribution in [-0.4, -0.2) is 35.4 Å². The third kappa shape index (κ3) is 5.86. The highest BCUT2D eigenvalue weighted by Gasteiger charge is 2.32. The number of benzene rings is 2. The molecule has 29 heavy (non-hydrogen) atoms. The fourth-order valence-electron chi connectivity index (χ4n) is 2.97. The van der Waals surface area contributed by atoms with Crippen LogP contribution in [0, 0.1) is 17.2 Å². The minimum Gasteiger partial charge on any atom is -0.489 e. The van der Waals surface area contributed by atoms with Gasteiger partial charge in [-0.3, -0.25) is 9.69 Å². The van der Waals surface area contributed by atoms with Crippen molar-refractivity contribution >= 4 is 5.97 Å². The van der Waals surface area contributed by atoms with Crippen molar-refractivity contribution < 1.29 is 32.5 Å². The molecule has 1 N–H and O–H groups in total. The summed E-state index contributed by atoms with van der Waals surface area (Å²) in [5.41, 5.74) is 1.40. The minimum atomic E-state index is -4.84. The van der Waals surface area contributed by atoms with Crippen LogP contribution in [0.25, 0.3) is 0 Å². The molecular weight excluding hydrogens is 389 g/mol. The molecule has 2 aromatic rings. The molecule has 1 aliphatic rings. The second-order valence-corrected chi connectivity index (χ2v) is 6.69. The molecule has 0 aliphatic carbocycles. The van der Waals surface area contributed by atoms with Gasteiger partial charge in [0, 0.05) is 19.6 Å². The van der Waals surface area contributed by atoms with Gasteiger partial charge in [0.1, 0.15) is 18.1 Å². The maximum atomic E-state index is 12.4. The Hall–Kier alpha value is -3.25. The summed E-state index contributed by atoms with van der Waals surface area (Å²) >= 11 is 0. The number of hydrogen-bond acceptors (Lipinski definition) is 5. The van der Waals surface area contributed by atoms with E-state index < -0.39 is 18.1 Å². The van der Waals surface area contributed by atoms with Crippen molar-refractivity contribution in [1.82, 2.24) is 4.90 Å². The minimum absolute atomic E-state index is 0.0322. The van der Waals surface area contributed by atoms with Gasteiger partial charge in [-0.25, -0.2) is 0 Å². The predicted octanol–water partition coefficient (Wildman–Crippen LogP) is 3.55. The number of ether oxygens (including phenoxy) is 2. The Morgan fingerprint density at radius 1 is 1.14 bits per heavy atom. The van der Waals surface area contributed by atoms with Gasteiger partial charge in [0.25, 0.3) is 0 Å². The highest BCUT2D eigenvalue weighted by molar-refractivity contribution is 5.71. The fraction of sp³-hybridized carbons (Fsp3) is 0.300. The Balaban J connectivity index is 1.56. The number of nitriles is 1. The molecule has 1 fully saturated rings. The lowest BCUT2D eigenvalue weighted by atomic mass is 10.00. The molecule has 1 heterocycles. The zero-order valence-corrected chi connectivity index (χ0v) is 15.1. The summed E-state index contributed by atoms with van der Waals surface area (Å²) in [7, 11) is 0. The van der Waals surface area contributed by atoms with E-state index in [1.165, 1.54) is 12.1 Å². The Kier molecular flexibility index (Phi) is 5.94. The van der Waals surface area contributed by atoms with Gasteiger partial charge in [-0.05, 0) is 41.5 Å². The standard InChI is InChI=1S/C20H17F3N2O4/c21-20(22,23)29-18-6-14(8-24)5-15(7-18)12-28-17-3-1-13(2-4-17)9-25-10-16(11-25)19(26)27/h1-7,16H,9-12H2,(H,26,27). The molecule has 1 aliphatic heterocycles. The van der Waals surface area contributed by atoms with E-state index in [-0.39, 0.29) is 18.1 Å². The molecule has 0 saturated carbocycles. The van der Waals surface area contributed by atoms with E-state index >= 15 is 0 Å². The zero-order chi connectivity index (χ0) is 21.0. The summed E-state index contributed by atoms with van der Waals surface area (Å²) in [5, 5.41) is 17.9. The molecule has 1 saturated heterocycles. The average molecular weight is 406 g/mol. The highest BCUT2D eigenvalue weighted by atomic mass is 19.4. The van der Waals surface area contributed by atoms with Crippen molar-refractivity contribution in [2.75, 3.05) is 13.1 Å². The summed E-state index contributed by atoms with van der Waals surface area (Å²) in [5.74, 6) is -1.05. The van der Waals surface area contributed by atoms with Gasteiger partial charge in [-0.1, -0.05) is 12.1 Å². The Morgan fingerprint density at radius 3 is 2.41 bits per heavy atom. The summed E-state index contributed by atoms with van der Waals surface area (Å²) in [4.78, 5) is 12.8. The number of rotatable bonds is 7. The number of hydrogen-bond donors (Lipinski definition) is 1. The molecule has 152 valence electrons. The van der Waals surface area contributed by atoms with Gasteiger partial charge in [0.2, 0.25) is 0 Å². The van der Waals surface area contributed by atoms with Crippen molar-refractivity contribution in [1.29, 1.82) is 5.26 Å². The first-order valence-electron chi connectivity index (χ1n) is 8.68. The highest BCUT2D eigenvalue weighted by Crippen LogP contribution is 2.26. The van der Waals surface area contributed by atoms with Crippen molar-refractivity contribution in [3.05, 3.63) is 59.2 Å². The second-order valence-electron chi connectivity index (χ2n) is 6.69. The maximum absolute atomic E-state index is 12.4. The van der Waals surface area contributed by atoms with Gasteiger partial charge in [0.15, 0.2) is 0 Å². The van der Waals surface area contributed by atoms with Crippen LogP contribution in [0.1, 0.15) is 16.7 Å². The van der Waals surface area contributed by atoms with Crippen LogP contribution in [-0.2, 0) is 17.9 Å². The third-order valence-corrected chi connectivity index (χ3v) is 4.37. The van der Waals surface area contributed by atoms with Crippen molar-refractivity contribution in [3.8, 4) is 17.6 Å². The molecule has 0 bridgehead atoms. The third-order valence-electron chi connectivity index (χ3n) is 4.37. The number of nitrogens with zero attached hydrogens (tertiary/aromatic N) is 2. The Labute approximate surface area is 164 Å². The number of carboxylic acids is 1. The van der Waals surface area contributed by atoms with E-state index in [2.05, 4.69) is 4.74 Å². The molecule has 3 rings (SSSR count). The largest absolute Gasteiger partial charge is 0.573 e. The molecule has 0 atom stereocenters. The van der Waals surface area contributed by atoms with Crippen molar-refractivity contribution in [2.24, 2.45) is 5.92 Å². The van der Waals surface area contributed by atoms with Crippen molar-refractivity contribution in [3.63, 3.8) is 0 Å². The predicted molar refractivity (Wildman–Crippen MR) is 95.0 cm³/mol. The van der Waals surface area contributed by atoms with Gasteiger partial charge in [-0.15, -0.1) is 13.2 Å². The molecule has 9 heteroatoms. The topological polar surface area (TPSA) is 82.8 Å². The van der Waals surface area contributed by atoms with E-state index in [0.717, 1.165) is 11.6 Å². The fourth-order valence-corrected chi connectivity index (χ4v) is 2.97. The normalized spacial score (nSPS) is 14.7. The summed E-state index contributed by atoms with van der Waals surface area (Å²) < 4.78 is 46.7. The molecular formula is C20H17F3N2O4. The first-order valence-corrected chi connectivity index (χ1v) is 8.68. The first-order chi connectivity index (χ1) is 13.7.